The summed E-state index contributed by atoms with van der Waals surface area (Å²) in [6.07, 6.45) is -3.55. The van der Waals surface area contributed by atoms with Gasteiger partial charge in [-0.15, -0.1) is 0 Å². The second-order valence-electron chi connectivity index (χ2n) is 5.38. The van der Waals surface area contributed by atoms with Crippen molar-refractivity contribution in [1.82, 2.24) is 9.80 Å². The Labute approximate surface area is 114 Å². The molecular formula is C12H17F3N2O3. The number of carbonyl (C=O) groups excluding carboxylic acids is 1. The van der Waals surface area contributed by atoms with E-state index in [2.05, 4.69) is 0 Å². The molecule has 2 aliphatic rings. The highest BCUT2D eigenvalue weighted by molar-refractivity contribution is 5.77. The van der Waals surface area contributed by atoms with Crippen molar-refractivity contribution >= 4 is 12.0 Å². The van der Waals surface area contributed by atoms with Crippen LogP contribution in [0.5, 0.6) is 0 Å². The van der Waals surface area contributed by atoms with Crippen LogP contribution in [0.15, 0.2) is 0 Å². The first kappa shape index (κ1) is 14.9. The largest absolute Gasteiger partial charge is 0.481 e. The molecule has 0 aromatic carbocycles. The number of aliphatic carboxylic acids is 1. The summed E-state index contributed by atoms with van der Waals surface area (Å²) in [7, 11) is 0. The Morgan fingerprint density at radius 3 is 2.25 bits per heavy atom. The molecule has 0 aliphatic carbocycles. The van der Waals surface area contributed by atoms with E-state index in [1.807, 2.05) is 0 Å². The van der Waals surface area contributed by atoms with Crippen LogP contribution in [-0.2, 0) is 4.79 Å². The van der Waals surface area contributed by atoms with Gasteiger partial charge in [-0.3, -0.25) is 4.79 Å². The second kappa shape index (κ2) is 5.49. The third-order valence-corrected chi connectivity index (χ3v) is 3.96. The molecule has 2 fully saturated rings. The summed E-state index contributed by atoms with van der Waals surface area (Å²) in [4.78, 5) is 25.5. The molecule has 1 N–H and O–H groups in total. The first-order valence-electron chi connectivity index (χ1n) is 6.62. The molecule has 2 rings (SSSR count). The van der Waals surface area contributed by atoms with Crippen molar-refractivity contribution in [3.8, 4) is 0 Å². The second-order valence-corrected chi connectivity index (χ2v) is 5.38. The van der Waals surface area contributed by atoms with Crippen LogP contribution in [0.2, 0.25) is 0 Å². The number of likely N-dealkylation sites (tertiary alicyclic amines) is 2. The fourth-order valence-electron chi connectivity index (χ4n) is 2.75. The Kier molecular flexibility index (Phi) is 4.10. The number of hydrogen-bond acceptors (Lipinski definition) is 2. The smallest absolute Gasteiger partial charge is 0.393 e. The lowest BCUT2D eigenvalue weighted by molar-refractivity contribution is -0.184. The van der Waals surface area contributed by atoms with Crippen LogP contribution in [0.1, 0.15) is 19.3 Å². The van der Waals surface area contributed by atoms with Crippen LogP contribution in [0.4, 0.5) is 18.0 Å². The average molecular weight is 294 g/mol. The highest BCUT2D eigenvalue weighted by Gasteiger charge is 2.44. The van der Waals surface area contributed by atoms with Gasteiger partial charge in [0.05, 0.1) is 11.8 Å². The molecule has 2 atom stereocenters. The molecule has 5 nitrogen and oxygen atoms in total. The number of carboxylic acids is 1. The number of hydrogen-bond donors (Lipinski definition) is 1. The van der Waals surface area contributed by atoms with Crippen molar-refractivity contribution in [2.45, 2.75) is 25.4 Å². The van der Waals surface area contributed by atoms with Crippen molar-refractivity contribution in [3.63, 3.8) is 0 Å². The fraction of sp³-hybridized carbons (Fsp3) is 0.833. The molecule has 0 spiro atoms. The number of urea groups is 1. The average Bonchev–Trinajstić information content (AvgIpc) is 2.87. The van der Waals surface area contributed by atoms with E-state index < -0.39 is 30.0 Å². The molecule has 8 heteroatoms. The maximum Gasteiger partial charge on any atom is 0.393 e. The van der Waals surface area contributed by atoms with Crippen LogP contribution in [-0.4, -0.2) is 59.3 Å². The van der Waals surface area contributed by atoms with E-state index in [0.717, 1.165) is 0 Å². The van der Waals surface area contributed by atoms with Gasteiger partial charge in [-0.2, -0.15) is 13.2 Å². The minimum Gasteiger partial charge on any atom is -0.481 e. The van der Waals surface area contributed by atoms with Crippen LogP contribution in [0, 0.1) is 11.8 Å². The van der Waals surface area contributed by atoms with Crippen LogP contribution < -0.4 is 0 Å². The molecule has 0 aromatic rings. The predicted octanol–water partition coefficient (Wildman–Crippen LogP) is 1.79. The molecule has 2 aliphatic heterocycles. The fourth-order valence-corrected chi connectivity index (χ4v) is 2.75. The zero-order valence-corrected chi connectivity index (χ0v) is 10.9. The van der Waals surface area contributed by atoms with Gasteiger partial charge in [-0.05, 0) is 19.3 Å². The Morgan fingerprint density at radius 2 is 1.70 bits per heavy atom. The standard InChI is InChI=1S/C12H17F3N2O3/c13-12(14,15)9-2-1-4-16(7-9)11(20)17-5-3-8(6-17)10(18)19/h8-9H,1-7H2,(H,18,19). The summed E-state index contributed by atoms with van der Waals surface area (Å²) in [5, 5.41) is 8.87. The van der Waals surface area contributed by atoms with Gasteiger partial charge in [0.25, 0.3) is 0 Å². The molecule has 2 amide bonds. The number of carboxylic acid groups (broad SMARTS) is 1. The lowest BCUT2D eigenvalue weighted by atomic mass is 9.98. The molecule has 20 heavy (non-hydrogen) atoms. The number of piperidine rings is 1. The highest BCUT2D eigenvalue weighted by Crippen LogP contribution is 2.33. The minimum atomic E-state index is -4.28. The van der Waals surface area contributed by atoms with Crippen molar-refractivity contribution < 1.29 is 27.9 Å². The molecular weight excluding hydrogens is 277 g/mol. The number of amides is 2. The Balaban J connectivity index is 1.94. The molecule has 114 valence electrons. The Morgan fingerprint density at radius 1 is 1.05 bits per heavy atom. The van der Waals surface area contributed by atoms with Gasteiger partial charge < -0.3 is 14.9 Å². The van der Waals surface area contributed by atoms with Gasteiger partial charge in [0, 0.05) is 26.2 Å². The van der Waals surface area contributed by atoms with Gasteiger partial charge in [0.2, 0.25) is 0 Å². The zero-order chi connectivity index (χ0) is 14.9. The van der Waals surface area contributed by atoms with Crippen molar-refractivity contribution in [1.29, 1.82) is 0 Å². The maximum absolute atomic E-state index is 12.7. The minimum absolute atomic E-state index is 0.0467. The van der Waals surface area contributed by atoms with E-state index in [4.69, 9.17) is 5.11 Å². The van der Waals surface area contributed by atoms with E-state index in [0.29, 0.717) is 25.9 Å². The van der Waals surface area contributed by atoms with Gasteiger partial charge in [0.1, 0.15) is 0 Å². The number of alkyl halides is 3. The quantitative estimate of drug-likeness (QED) is 0.802. The number of rotatable bonds is 1. The van der Waals surface area contributed by atoms with Crippen LogP contribution in [0.3, 0.4) is 0 Å². The van der Waals surface area contributed by atoms with E-state index in [1.165, 1.54) is 9.80 Å². The molecule has 0 bridgehead atoms. The van der Waals surface area contributed by atoms with Gasteiger partial charge in [-0.1, -0.05) is 0 Å². The topological polar surface area (TPSA) is 60.9 Å². The summed E-state index contributed by atoms with van der Waals surface area (Å²) < 4.78 is 38.1. The predicted molar refractivity (Wildman–Crippen MR) is 63.1 cm³/mol. The number of carbonyl (C=O) groups is 2. The highest BCUT2D eigenvalue weighted by atomic mass is 19.4. The van der Waals surface area contributed by atoms with Crippen molar-refractivity contribution in [3.05, 3.63) is 0 Å². The molecule has 2 heterocycles. The lowest BCUT2D eigenvalue weighted by Crippen LogP contribution is -2.49. The molecule has 0 radical (unpaired) electrons. The van der Waals surface area contributed by atoms with Gasteiger partial charge >= 0.3 is 18.2 Å². The summed E-state index contributed by atoms with van der Waals surface area (Å²) >= 11 is 0. The van der Waals surface area contributed by atoms with E-state index in [1.54, 1.807) is 0 Å². The van der Waals surface area contributed by atoms with E-state index in [-0.39, 0.29) is 19.5 Å². The van der Waals surface area contributed by atoms with Crippen LogP contribution >= 0.6 is 0 Å². The Bertz CT molecular complexity index is 400. The number of nitrogens with zero attached hydrogens (tertiary/aromatic N) is 2. The maximum atomic E-state index is 12.7. The molecule has 0 saturated carbocycles. The first-order chi connectivity index (χ1) is 9.29. The molecule has 2 unspecified atom stereocenters. The third kappa shape index (κ3) is 3.16. The first-order valence-corrected chi connectivity index (χ1v) is 6.62. The summed E-state index contributed by atoms with van der Waals surface area (Å²) in [5.74, 6) is -3.05. The zero-order valence-electron chi connectivity index (χ0n) is 10.9. The summed E-state index contributed by atoms with van der Waals surface area (Å²) in [6, 6.07) is -0.470. The molecule has 0 aromatic heterocycles. The van der Waals surface area contributed by atoms with Crippen molar-refractivity contribution in [2.75, 3.05) is 26.2 Å². The van der Waals surface area contributed by atoms with E-state index >= 15 is 0 Å². The SMILES string of the molecule is O=C(O)C1CCN(C(=O)N2CCCC(C(F)(F)F)C2)C1. The number of halogens is 3. The molecule has 2 saturated heterocycles. The van der Waals surface area contributed by atoms with Gasteiger partial charge in [0.15, 0.2) is 0 Å². The normalized spacial score (nSPS) is 27.8. The van der Waals surface area contributed by atoms with Gasteiger partial charge in [-0.25, -0.2) is 4.79 Å². The summed E-state index contributed by atoms with van der Waals surface area (Å²) in [5.41, 5.74) is 0. The summed E-state index contributed by atoms with van der Waals surface area (Å²) in [6.45, 7) is 0.362. The Hall–Kier alpha value is -1.47. The third-order valence-electron chi connectivity index (χ3n) is 3.96. The van der Waals surface area contributed by atoms with Crippen LogP contribution in [0.25, 0.3) is 0 Å². The van der Waals surface area contributed by atoms with Crippen molar-refractivity contribution in [2.24, 2.45) is 11.8 Å². The van der Waals surface area contributed by atoms with E-state index in [9.17, 15) is 22.8 Å². The lowest BCUT2D eigenvalue weighted by Gasteiger charge is -2.35. The monoisotopic (exact) mass is 294 g/mol.